The highest BCUT2D eigenvalue weighted by molar-refractivity contribution is 7.99. The molecule has 0 fully saturated rings. The first-order valence-electron chi connectivity index (χ1n) is 9.04. The number of thioether (sulfide) groups is 1. The number of benzene rings is 1. The van der Waals surface area contributed by atoms with E-state index in [0.717, 1.165) is 40.8 Å². The van der Waals surface area contributed by atoms with Crippen molar-refractivity contribution in [3.63, 3.8) is 0 Å². The number of rotatable bonds is 6. The molecular weight excluding hydrogens is 380 g/mol. The monoisotopic (exact) mass is 402 g/mol. The molecule has 0 unspecified atom stereocenters. The molecule has 1 aromatic carbocycles. The molecule has 0 radical (unpaired) electrons. The van der Waals surface area contributed by atoms with E-state index in [4.69, 9.17) is 9.72 Å². The molecule has 2 heterocycles. The molecule has 2 aromatic heterocycles. The minimum absolute atomic E-state index is 0.0207. The Balaban J connectivity index is 1.44. The van der Waals surface area contributed by atoms with Crippen molar-refractivity contribution in [2.24, 2.45) is 7.05 Å². The van der Waals surface area contributed by atoms with E-state index in [1.165, 1.54) is 22.2 Å². The van der Waals surface area contributed by atoms with Gasteiger partial charge in [-0.1, -0.05) is 23.9 Å². The van der Waals surface area contributed by atoms with Crippen molar-refractivity contribution >= 4 is 33.3 Å². The summed E-state index contributed by atoms with van der Waals surface area (Å²) in [6, 6.07) is 7.75. The molecule has 0 saturated carbocycles. The molecule has 7 heteroatoms. The van der Waals surface area contributed by atoms with Crippen molar-refractivity contribution in [3.8, 4) is 5.75 Å². The van der Waals surface area contributed by atoms with Crippen molar-refractivity contribution < 1.29 is 9.84 Å². The van der Waals surface area contributed by atoms with E-state index in [0.29, 0.717) is 10.9 Å². The SMILES string of the molecule is Cc1cccc(OC[C@H](O)CSc2nc3sc4c(c3c(=O)n2C)CCC4)c1. The average Bonchev–Trinajstić information content (AvgIpc) is 3.22. The van der Waals surface area contributed by atoms with Gasteiger partial charge in [0.05, 0.1) is 11.5 Å². The predicted octanol–water partition coefficient (Wildman–Crippen LogP) is 3.32. The molecule has 4 rings (SSSR count). The fraction of sp³-hybridized carbons (Fsp3) is 0.400. The van der Waals surface area contributed by atoms with Crippen molar-refractivity contribution in [1.82, 2.24) is 9.55 Å². The van der Waals surface area contributed by atoms with Gasteiger partial charge in [0, 0.05) is 17.7 Å². The Hall–Kier alpha value is -1.83. The van der Waals surface area contributed by atoms with Gasteiger partial charge in [0.1, 0.15) is 17.2 Å². The second-order valence-electron chi connectivity index (χ2n) is 6.89. The highest BCUT2D eigenvalue weighted by Crippen LogP contribution is 2.35. The van der Waals surface area contributed by atoms with Crippen LogP contribution in [0.1, 0.15) is 22.4 Å². The molecule has 0 spiro atoms. The molecule has 3 aromatic rings. The minimum Gasteiger partial charge on any atom is -0.491 e. The van der Waals surface area contributed by atoms with Crippen LogP contribution in [0.3, 0.4) is 0 Å². The number of hydrogen-bond acceptors (Lipinski definition) is 6. The van der Waals surface area contributed by atoms with Gasteiger partial charge >= 0.3 is 0 Å². The summed E-state index contributed by atoms with van der Waals surface area (Å²) in [7, 11) is 1.76. The fourth-order valence-electron chi connectivity index (χ4n) is 3.35. The Labute approximate surface area is 166 Å². The fourth-order valence-corrected chi connectivity index (χ4v) is 5.53. The number of nitrogens with zero attached hydrogens (tertiary/aromatic N) is 2. The standard InChI is InChI=1S/C20H22N2O3S2/c1-12-5-3-6-14(9-12)25-10-13(23)11-26-20-21-18-17(19(24)22(20)2)15-7-4-8-16(15)27-18/h3,5-6,9,13,23H,4,7-8,10-11H2,1-2H3/t13-/m0/s1. The maximum Gasteiger partial charge on any atom is 0.262 e. The van der Waals surface area contributed by atoms with Gasteiger partial charge in [-0.05, 0) is 49.4 Å². The quantitative estimate of drug-likeness (QED) is 0.506. The van der Waals surface area contributed by atoms with E-state index >= 15 is 0 Å². The molecule has 0 bridgehead atoms. The molecule has 0 saturated heterocycles. The van der Waals surface area contributed by atoms with Crippen LogP contribution in [0.2, 0.25) is 0 Å². The first-order chi connectivity index (χ1) is 13.0. The molecular formula is C20H22N2O3S2. The third-order valence-corrected chi connectivity index (χ3v) is 7.10. The van der Waals surface area contributed by atoms with E-state index in [1.54, 1.807) is 23.0 Å². The van der Waals surface area contributed by atoms with Crippen molar-refractivity contribution in [3.05, 3.63) is 50.6 Å². The zero-order valence-corrected chi connectivity index (χ0v) is 17.0. The number of aliphatic hydroxyl groups excluding tert-OH is 1. The van der Waals surface area contributed by atoms with E-state index in [-0.39, 0.29) is 12.2 Å². The van der Waals surface area contributed by atoms with Gasteiger partial charge < -0.3 is 9.84 Å². The Kier molecular flexibility index (Phi) is 5.25. The number of aromatic nitrogens is 2. The summed E-state index contributed by atoms with van der Waals surface area (Å²) in [5.74, 6) is 1.17. The molecule has 0 aliphatic heterocycles. The number of fused-ring (bicyclic) bond motifs is 3. The highest BCUT2D eigenvalue weighted by Gasteiger charge is 2.22. The van der Waals surface area contributed by atoms with E-state index in [9.17, 15) is 9.90 Å². The normalized spacial score (nSPS) is 14.5. The summed E-state index contributed by atoms with van der Waals surface area (Å²) in [5, 5.41) is 11.7. The lowest BCUT2D eigenvalue weighted by Gasteiger charge is -2.13. The molecule has 142 valence electrons. The summed E-state index contributed by atoms with van der Waals surface area (Å²) >= 11 is 3.03. The zero-order chi connectivity index (χ0) is 19.0. The number of hydrogen-bond donors (Lipinski definition) is 1. The predicted molar refractivity (Wildman–Crippen MR) is 110 cm³/mol. The van der Waals surface area contributed by atoms with Gasteiger partial charge in [-0.3, -0.25) is 9.36 Å². The molecule has 1 N–H and O–H groups in total. The van der Waals surface area contributed by atoms with Crippen LogP contribution in [0, 0.1) is 6.92 Å². The first kappa shape index (κ1) is 18.5. The highest BCUT2D eigenvalue weighted by atomic mass is 32.2. The second-order valence-corrected chi connectivity index (χ2v) is 8.96. The van der Waals surface area contributed by atoms with E-state index in [1.807, 2.05) is 31.2 Å². The Bertz CT molecular complexity index is 1040. The molecule has 1 aliphatic rings. The number of thiophene rings is 1. The van der Waals surface area contributed by atoms with Gasteiger partial charge in [0.25, 0.3) is 5.56 Å². The maximum absolute atomic E-state index is 12.8. The summed E-state index contributed by atoms with van der Waals surface area (Å²) in [4.78, 5) is 19.6. The lowest BCUT2D eigenvalue weighted by atomic mass is 10.2. The maximum atomic E-state index is 12.8. The van der Waals surface area contributed by atoms with Crippen LogP contribution >= 0.6 is 23.1 Å². The van der Waals surface area contributed by atoms with Crippen LogP contribution < -0.4 is 10.3 Å². The largest absolute Gasteiger partial charge is 0.491 e. The first-order valence-corrected chi connectivity index (χ1v) is 10.8. The number of aliphatic hydroxyl groups is 1. The van der Waals surface area contributed by atoms with E-state index in [2.05, 4.69) is 0 Å². The van der Waals surface area contributed by atoms with Gasteiger partial charge in [-0.2, -0.15) is 0 Å². The van der Waals surface area contributed by atoms with Crippen molar-refractivity contribution in [1.29, 1.82) is 0 Å². The molecule has 1 atom stereocenters. The number of ether oxygens (including phenoxy) is 1. The Morgan fingerprint density at radius 1 is 1.41 bits per heavy atom. The summed E-state index contributed by atoms with van der Waals surface area (Å²) in [5.41, 5.74) is 2.34. The van der Waals surface area contributed by atoms with Crippen LogP contribution in [0.5, 0.6) is 5.75 Å². The molecule has 1 aliphatic carbocycles. The van der Waals surface area contributed by atoms with Crippen molar-refractivity contribution in [2.75, 3.05) is 12.4 Å². The Morgan fingerprint density at radius 2 is 2.26 bits per heavy atom. The summed E-state index contributed by atoms with van der Waals surface area (Å²) < 4.78 is 7.26. The van der Waals surface area contributed by atoms with Gasteiger partial charge in [-0.15, -0.1) is 11.3 Å². The third-order valence-electron chi connectivity index (χ3n) is 4.74. The smallest absolute Gasteiger partial charge is 0.262 e. The van der Waals surface area contributed by atoms with Gasteiger partial charge in [0.15, 0.2) is 5.16 Å². The van der Waals surface area contributed by atoms with Crippen LogP contribution in [0.15, 0.2) is 34.2 Å². The second kappa shape index (κ2) is 7.66. The summed E-state index contributed by atoms with van der Waals surface area (Å²) in [6.07, 6.45) is 2.52. The van der Waals surface area contributed by atoms with Gasteiger partial charge in [-0.25, -0.2) is 4.98 Å². The molecule has 27 heavy (non-hydrogen) atoms. The average molecular weight is 403 g/mol. The van der Waals surface area contributed by atoms with E-state index < -0.39 is 6.10 Å². The summed E-state index contributed by atoms with van der Waals surface area (Å²) in [6.45, 7) is 2.21. The molecule has 0 amide bonds. The van der Waals surface area contributed by atoms with Crippen LogP contribution in [0.4, 0.5) is 0 Å². The van der Waals surface area contributed by atoms with Crippen LogP contribution in [-0.2, 0) is 19.9 Å². The van der Waals surface area contributed by atoms with Crippen LogP contribution in [-0.4, -0.2) is 33.1 Å². The minimum atomic E-state index is -0.642. The topological polar surface area (TPSA) is 64.3 Å². The lowest BCUT2D eigenvalue weighted by Crippen LogP contribution is -2.23. The van der Waals surface area contributed by atoms with Gasteiger partial charge in [0.2, 0.25) is 0 Å². The van der Waals surface area contributed by atoms with Crippen molar-refractivity contribution in [2.45, 2.75) is 37.4 Å². The zero-order valence-electron chi connectivity index (χ0n) is 15.4. The van der Waals surface area contributed by atoms with Crippen LogP contribution in [0.25, 0.3) is 10.2 Å². The Morgan fingerprint density at radius 3 is 3.07 bits per heavy atom. The lowest BCUT2D eigenvalue weighted by molar-refractivity contribution is 0.126. The third kappa shape index (κ3) is 3.77. The number of aryl methyl sites for hydroxylation is 3. The molecule has 5 nitrogen and oxygen atoms in total.